The summed E-state index contributed by atoms with van der Waals surface area (Å²) in [6, 6.07) is 10.1. The van der Waals surface area contributed by atoms with Crippen LogP contribution in [0.3, 0.4) is 0 Å². The van der Waals surface area contributed by atoms with E-state index in [0.717, 1.165) is 24.3 Å². The van der Waals surface area contributed by atoms with Crippen LogP contribution in [0.5, 0.6) is 5.75 Å². The van der Waals surface area contributed by atoms with Crippen molar-refractivity contribution < 1.29 is 70.2 Å². The quantitative estimate of drug-likeness (QED) is 0.272. The molecule has 0 unspecified atom stereocenters. The van der Waals surface area contributed by atoms with Crippen molar-refractivity contribution in [3.8, 4) is 16.9 Å². The van der Waals surface area contributed by atoms with Crippen molar-refractivity contribution in [1.82, 2.24) is 0 Å². The molecule has 17 heteroatoms. The largest absolute Gasteiger partial charge is 0.497 e. The molecule has 0 heterocycles. The number of rotatable bonds is 10. The molecule has 0 spiro atoms. The minimum Gasteiger partial charge on any atom is -0.497 e. The number of sulfone groups is 1. The molecule has 2 rings (SSSR count). The molecule has 0 radical (unpaired) electrons. The lowest BCUT2D eigenvalue weighted by atomic mass is 9.93. The van der Waals surface area contributed by atoms with Crippen molar-refractivity contribution in [1.29, 1.82) is 0 Å². The van der Waals surface area contributed by atoms with Crippen LogP contribution in [-0.2, 0) is 9.84 Å². The number of halogens is 13. The number of methoxy groups -OCH3 is 1. The number of hydrogen-bond donors (Lipinski definition) is 0. The van der Waals surface area contributed by atoms with E-state index >= 15 is 0 Å². The molecule has 0 aliphatic carbocycles. The number of hydrogen-bond acceptors (Lipinski definition) is 3. The van der Waals surface area contributed by atoms with E-state index in [1.165, 1.54) is 19.2 Å². The normalized spacial score (nSPS) is 14.5. The van der Waals surface area contributed by atoms with Gasteiger partial charge in [-0.1, -0.05) is 24.3 Å². The highest BCUT2D eigenvalue weighted by Gasteiger charge is 2.90. The predicted molar refractivity (Wildman–Crippen MR) is 106 cm³/mol. The highest BCUT2D eigenvalue weighted by molar-refractivity contribution is 7.91. The molecule has 214 valence electrons. The summed E-state index contributed by atoms with van der Waals surface area (Å²) in [5.74, 6) is -39.5. The molecule has 0 aliphatic rings. The SMILES string of the molecule is COc1ccc(-c2ccc(S(=O)(=O)CCC(F)(F)C(F)(F)C(F)(F)C(F)(F)C(F)(F)C(F)(F)F)cc2)cc1. The summed E-state index contributed by atoms with van der Waals surface area (Å²) in [5.41, 5.74) is 0.885. The van der Waals surface area contributed by atoms with Gasteiger partial charge in [0.05, 0.1) is 17.8 Å². The summed E-state index contributed by atoms with van der Waals surface area (Å²) >= 11 is 0. The Kier molecular flexibility index (Phi) is 8.11. The summed E-state index contributed by atoms with van der Waals surface area (Å²) < 4.78 is 201. The second kappa shape index (κ2) is 9.79. The Hall–Kier alpha value is -2.72. The lowest BCUT2D eigenvalue weighted by Crippen LogP contribution is -2.70. The van der Waals surface area contributed by atoms with Gasteiger partial charge in [0.1, 0.15) is 5.75 Å². The van der Waals surface area contributed by atoms with E-state index in [1.54, 1.807) is 12.1 Å². The molecule has 0 saturated heterocycles. The maximum absolute atomic E-state index is 13.9. The highest BCUT2D eigenvalue weighted by Crippen LogP contribution is 2.60. The Morgan fingerprint density at radius 3 is 1.39 bits per heavy atom. The topological polar surface area (TPSA) is 43.4 Å². The molecule has 0 fully saturated rings. The number of alkyl halides is 13. The molecular weight excluding hydrogens is 579 g/mol. The van der Waals surface area contributed by atoms with Crippen LogP contribution in [0.25, 0.3) is 11.1 Å². The average Bonchev–Trinajstić information content (AvgIpc) is 2.82. The van der Waals surface area contributed by atoms with E-state index < -0.39 is 62.7 Å². The summed E-state index contributed by atoms with van der Waals surface area (Å²) in [6.07, 6.45) is -10.3. The van der Waals surface area contributed by atoms with Crippen molar-refractivity contribution in [3.63, 3.8) is 0 Å². The van der Waals surface area contributed by atoms with Gasteiger partial charge in [-0.3, -0.25) is 0 Å². The molecule has 0 atom stereocenters. The van der Waals surface area contributed by atoms with Gasteiger partial charge in [-0.15, -0.1) is 0 Å². The van der Waals surface area contributed by atoms with Crippen LogP contribution in [0, 0.1) is 0 Å². The Morgan fingerprint density at radius 2 is 1.00 bits per heavy atom. The van der Waals surface area contributed by atoms with Crippen LogP contribution in [0.15, 0.2) is 53.4 Å². The summed E-state index contributed by atoms with van der Waals surface area (Å²) in [7, 11) is -3.60. The molecule has 38 heavy (non-hydrogen) atoms. The van der Waals surface area contributed by atoms with Crippen LogP contribution >= 0.6 is 0 Å². The number of ether oxygens (including phenoxy) is 1. The zero-order valence-corrected chi connectivity index (χ0v) is 19.4. The third kappa shape index (κ3) is 5.25. The first-order chi connectivity index (χ1) is 17.0. The Morgan fingerprint density at radius 1 is 0.605 bits per heavy atom. The summed E-state index contributed by atoms with van der Waals surface area (Å²) in [4.78, 5) is -0.797. The third-order valence-electron chi connectivity index (χ3n) is 5.32. The van der Waals surface area contributed by atoms with Gasteiger partial charge in [0.25, 0.3) is 0 Å². The molecule has 0 aliphatic heterocycles. The Bertz CT molecular complexity index is 1220. The van der Waals surface area contributed by atoms with Crippen LogP contribution < -0.4 is 4.74 Å². The fourth-order valence-electron chi connectivity index (χ4n) is 2.98. The zero-order valence-electron chi connectivity index (χ0n) is 18.6. The fourth-order valence-corrected chi connectivity index (χ4v) is 4.29. The van der Waals surface area contributed by atoms with Crippen LogP contribution in [-0.4, -0.2) is 57.1 Å². The van der Waals surface area contributed by atoms with E-state index in [0.29, 0.717) is 16.9 Å². The van der Waals surface area contributed by atoms with Crippen molar-refractivity contribution >= 4 is 9.84 Å². The smallest absolute Gasteiger partial charge is 0.460 e. The van der Waals surface area contributed by atoms with E-state index in [9.17, 15) is 65.5 Å². The van der Waals surface area contributed by atoms with E-state index in [2.05, 4.69) is 0 Å². The molecule has 0 amide bonds. The standard InChI is InChI=1S/C21H15F13O3S/c1-37-14-6-2-12(3-7-14)13-4-8-15(9-5-13)38(35,36)11-10-16(22,23)17(24,25)18(26,27)19(28,29)20(30,31)21(32,33)34/h2-9H,10-11H2,1H3. The van der Waals surface area contributed by atoms with Gasteiger partial charge < -0.3 is 4.74 Å². The maximum atomic E-state index is 13.9. The van der Waals surface area contributed by atoms with Gasteiger partial charge >= 0.3 is 35.8 Å². The summed E-state index contributed by atoms with van der Waals surface area (Å²) in [5, 5.41) is 0. The molecular formula is C21H15F13O3S. The second-order valence-electron chi connectivity index (χ2n) is 7.82. The molecule has 2 aromatic carbocycles. The predicted octanol–water partition coefficient (Wildman–Crippen LogP) is 7.26. The lowest BCUT2D eigenvalue weighted by molar-refractivity contribution is -0.439. The first kappa shape index (κ1) is 31.5. The average molecular weight is 594 g/mol. The van der Waals surface area contributed by atoms with Crippen molar-refractivity contribution in [2.45, 2.75) is 47.1 Å². The molecule has 0 saturated carbocycles. The molecule has 0 bridgehead atoms. The molecule has 0 N–H and O–H groups in total. The Labute approximate surface area is 206 Å². The summed E-state index contributed by atoms with van der Waals surface area (Å²) in [6.45, 7) is 0. The van der Waals surface area contributed by atoms with Crippen LogP contribution in [0.2, 0.25) is 0 Å². The van der Waals surface area contributed by atoms with Crippen molar-refractivity contribution in [3.05, 3.63) is 48.5 Å². The second-order valence-corrected chi connectivity index (χ2v) is 9.93. The molecule has 2 aromatic rings. The van der Waals surface area contributed by atoms with E-state index in [1.807, 2.05) is 0 Å². The fraction of sp³-hybridized carbons (Fsp3) is 0.429. The minimum absolute atomic E-state index is 0.371. The van der Waals surface area contributed by atoms with E-state index in [4.69, 9.17) is 4.74 Å². The molecule has 0 aromatic heterocycles. The van der Waals surface area contributed by atoms with Gasteiger partial charge in [0.2, 0.25) is 0 Å². The van der Waals surface area contributed by atoms with Gasteiger partial charge in [0.15, 0.2) is 9.84 Å². The van der Waals surface area contributed by atoms with Gasteiger partial charge in [-0.25, -0.2) is 8.42 Å². The Balaban J connectivity index is 2.29. The van der Waals surface area contributed by atoms with Crippen molar-refractivity contribution in [2.24, 2.45) is 0 Å². The van der Waals surface area contributed by atoms with Crippen LogP contribution in [0.1, 0.15) is 6.42 Å². The van der Waals surface area contributed by atoms with Gasteiger partial charge in [-0.05, 0) is 35.4 Å². The maximum Gasteiger partial charge on any atom is 0.460 e. The third-order valence-corrected chi connectivity index (χ3v) is 7.05. The van der Waals surface area contributed by atoms with Crippen LogP contribution in [0.4, 0.5) is 57.1 Å². The number of benzene rings is 2. The van der Waals surface area contributed by atoms with Gasteiger partial charge in [-0.2, -0.15) is 57.1 Å². The highest BCUT2D eigenvalue weighted by atomic mass is 32.2. The van der Waals surface area contributed by atoms with Gasteiger partial charge in [0, 0.05) is 6.42 Å². The first-order valence-electron chi connectivity index (χ1n) is 9.89. The molecule has 3 nitrogen and oxygen atoms in total. The van der Waals surface area contributed by atoms with Crippen molar-refractivity contribution in [2.75, 3.05) is 12.9 Å². The first-order valence-corrected chi connectivity index (χ1v) is 11.5. The monoisotopic (exact) mass is 594 g/mol. The lowest BCUT2D eigenvalue weighted by Gasteiger charge is -2.39. The van der Waals surface area contributed by atoms with E-state index in [-0.39, 0.29) is 0 Å². The zero-order chi connectivity index (χ0) is 29.6. The minimum atomic E-state index is -8.04.